The Morgan fingerprint density at radius 3 is 2.75 bits per heavy atom. The Hall–Kier alpha value is -0.500. The molecule has 1 atom stereocenters. The number of ether oxygens (including phenoxy) is 2. The normalized spacial score (nSPS) is 30.4. The molecule has 0 bridgehead atoms. The minimum Gasteiger partial charge on any atom is -0.501 e. The first-order valence-corrected chi connectivity index (χ1v) is 6.72. The van der Waals surface area contributed by atoms with E-state index in [0.29, 0.717) is 0 Å². The van der Waals surface area contributed by atoms with E-state index in [1.807, 2.05) is 6.26 Å². The summed E-state index contributed by atoms with van der Waals surface area (Å²) in [5, 5.41) is 0. The first-order valence-electron chi connectivity index (χ1n) is 6.72. The van der Waals surface area contributed by atoms with Crippen LogP contribution in [0.5, 0.6) is 0 Å². The molecule has 1 saturated carbocycles. The van der Waals surface area contributed by atoms with E-state index >= 15 is 0 Å². The average molecular weight is 224 g/mol. The van der Waals surface area contributed by atoms with E-state index in [1.165, 1.54) is 50.5 Å². The molecule has 0 N–H and O–H groups in total. The lowest BCUT2D eigenvalue weighted by Crippen LogP contribution is -2.24. The van der Waals surface area contributed by atoms with Gasteiger partial charge in [-0.1, -0.05) is 6.42 Å². The zero-order valence-corrected chi connectivity index (χ0v) is 10.5. The largest absolute Gasteiger partial charge is 0.501 e. The highest BCUT2D eigenvalue weighted by Crippen LogP contribution is 2.28. The molecule has 0 aromatic carbocycles. The molecule has 92 valence electrons. The van der Waals surface area contributed by atoms with E-state index in [0.717, 1.165) is 19.6 Å². The Kier molecular flexibility index (Phi) is 4.28. The van der Waals surface area contributed by atoms with Crippen molar-refractivity contribution >= 4 is 0 Å². The SMILES string of the molecule is CC1(CCOC=C2CCCCC2)CCCO1. The van der Waals surface area contributed by atoms with Crippen molar-refractivity contribution in [3.63, 3.8) is 0 Å². The lowest BCUT2D eigenvalue weighted by molar-refractivity contribution is -0.000728. The Balaban J connectivity index is 1.63. The van der Waals surface area contributed by atoms with Crippen LogP contribution in [0.3, 0.4) is 0 Å². The fourth-order valence-electron chi connectivity index (χ4n) is 2.61. The van der Waals surface area contributed by atoms with Crippen LogP contribution >= 0.6 is 0 Å². The zero-order chi connectivity index (χ0) is 11.3. The van der Waals surface area contributed by atoms with Gasteiger partial charge in [0.15, 0.2) is 0 Å². The monoisotopic (exact) mass is 224 g/mol. The van der Waals surface area contributed by atoms with Crippen molar-refractivity contribution in [2.24, 2.45) is 0 Å². The minimum absolute atomic E-state index is 0.0884. The number of allylic oxidation sites excluding steroid dienone is 1. The van der Waals surface area contributed by atoms with E-state index in [1.54, 1.807) is 0 Å². The zero-order valence-electron chi connectivity index (χ0n) is 10.5. The molecule has 2 rings (SSSR count). The quantitative estimate of drug-likeness (QED) is 0.534. The summed E-state index contributed by atoms with van der Waals surface area (Å²) in [5.74, 6) is 0. The maximum Gasteiger partial charge on any atom is 0.0900 e. The summed E-state index contributed by atoms with van der Waals surface area (Å²) < 4.78 is 11.4. The molecule has 0 spiro atoms. The van der Waals surface area contributed by atoms with Crippen molar-refractivity contribution in [1.29, 1.82) is 0 Å². The van der Waals surface area contributed by atoms with Gasteiger partial charge < -0.3 is 9.47 Å². The van der Waals surface area contributed by atoms with Crippen LogP contribution in [0, 0.1) is 0 Å². The second kappa shape index (κ2) is 5.72. The van der Waals surface area contributed by atoms with Gasteiger partial charge in [-0.25, -0.2) is 0 Å². The molecule has 1 aliphatic carbocycles. The van der Waals surface area contributed by atoms with E-state index in [4.69, 9.17) is 9.47 Å². The third-order valence-electron chi connectivity index (χ3n) is 3.80. The average Bonchev–Trinajstić information content (AvgIpc) is 2.74. The second-order valence-corrected chi connectivity index (χ2v) is 5.36. The van der Waals surface area contributed by atoms with Gasteiger partial charge in [-0.3, -0.25) is 0 Å². The summed E-state index contributed by atoms with van der Waals surface area (Å²) in [6.07, 6.45) is 12.0. The van der Waals surface area contributed by atoms with Crippen LogP contribution < -0.4 is 0 Å². The summed E-state index contributed by atoms with van der Waals surface area (Å²) in [5.41, 5.74) is 1.59. The number of rotatable bonds is 4. The highest BCUT2D eigenvalue weighted by Gasteiger charge is 2.29. The van der Waals surface area contributed by atoms with Crippen LogP contribution in [0.4, 0.5) is 0 Å². The molecule has 2 aliphatic rings. The highest BCUT2D eigenvalue weighted by atomic mass is 16.5. The molecule has 2 fully saturated rings. The maximum atomic E-state index is 5.73. The Morgan fingerprint density at radius 2 is 2.06 bits per heavy atom. The van der Waals surface area contributed by atoms with Crippen LogP contribution in [0.1, 0.15) is 58.3 Å². The van der Waals surface area contributed by atoms with Gasteiger partial charge in [-0.05, 0) is 51.0 Å². The van der Waals surface area contributed by atoms with Crippen molar-refractivity contribution in [2.75, 3.05) is 13.2 Å². The van der Waals surface area contributed by atoms with Gasteiger partial charge in [0.2, 0.25) is 0 Å². The van der Waals surface area contributed by atoms with E-state index in [2.05, 4.69) is 6.92 Å². The summed E-state index contributed by atoms with van der Waals surface area (Å²) in [6.45, 7) is 3.94. The third-order valence-corrected chi connectivity index (χ3v) is 3.80. The topological polar surface area (TPSA) is 18.5 Å². The van der Waals surface area contributed by atoms with Crippen LogP contribution in [-0.2, 0) is 9.47 Å². The van der Waals surface area contributed by atoms with E-state index in [-0.39, 0.29) is 5.60 Å². The van der Waals surface area contributed by atoms with Crippen molar-refractivity contribution < 1.29 is 9.47 Å². The predicted molar refractivity (Wildman–Crippen MR) is 65.3 cm³/mol. The van der Waals surface area contributed by atoms with E-state index < -0.39 is 0 Å². The van der Waals surface area contributed by atoms with E-state index in [9.17, 15) is 0 Å². The highest BCUT2D eigenvalue weighted by molar-refractivity contribution is 5.00. The molecule has 0 aromatic heterocycles. The van der Waals surface area contributed by atoms with Gasteiger partial charge in [0, 0.05) is 13.0 Å². The molecule has 1 aliphatic heterocycles. The maximum absolute atomic E-state index is 5.73. The number of hydrogen-bond donors (Lipinski definition) is 0. The Morgan fingerprint density at radius 1 is 1.25 bits per heavy atom. The molecule has 0 aromatic rings. The van der Waals surface area contributed by atoms with Gasteiger partial charge in [-0.15, -0.1) is 0 Å². The van der Waals surface area contributed by atoms with Crippen molar-refractivity contribution in [3.8, 4) is 0 Å². The van der Waals surface area contributed by atoms with Crippen LogP contribution in [0.2, 0.25) is 0 Å². The fraction of sp³-hybridized carbons (Fsp3) is 0.857. The lowest BCUT2D eigenvalue weighted by atomic mass is 9.96. The molecule has 16 heavy (non-hydrogen) atoms. The summed E-state index contributed by atoms with van der Waals surface area (Å²) >= 11 is 0. The van der Waals surface area contributed by atoms with Crippen molar-refractivity contribution in [1.82, 2.24) is 0 Å². The Labute approximate surface area is 99.0 Å². The second-order valence-electron chi connectivity index (χ2n) is 5.36. The van der Waals surface area contributed by atoms with Gasteiger partial charge in [0.05, 0.1) is 18.5 Å². The molecule has 0 amide bonds. The first-order chi connectivity index (χ1) is 7.79. The molecule has 1 unspecified atom stereocenters. The molecule has 0 radical (unpaired) electrons. The van der Waals surface area contributed by atoms with Gasteiger partial charge in [0.1, 0.15) is 0 Å². The standard InChI is InChI=1S/C14H24O2/c1-14(8-5-10-16-14)9-11-15-12-13-6-3-2-4-7-13/h12H,2-11H2,1H3. The van der Waals surface area contributed by atoms with Gasteiger partial charge in [0.25, 0.3) is 0 Å². The molecular weight excluding hydrogens is 200 g/mol. The van der Waals surface area contributed by atoms with Crippen LogP contribution in [-0.4, -0.2) is 18.8 Å². The molecule has 2 heteroatoms. The summed E-state index contributed by atoms with van der Waals surface area (Å²) in [4.78, 5) is 0. The molecule has 2 nitrogen and oxygen atoms in total. The third kappa shape index (κ3) is 3.51. The first kappa shape index (κ1) is 12.0. The Bertz CT molecular complexity index is 231. The predicted octanol–water partition coefficient (Wildman–Crippen LogP) is 3.81. The summed E-state index contributed by atoms with van der Waals surface area (Å²) in [6, 6.07) is 0. The van der Waals surface area contributed by atoms with Gasteiger partial charge in [-0.2, -0.15) is 0 Å². The smallest absolute Gasteiger partial charge is 0.0900 e. The molecule has 1 heterocycles. The molecular formula is C14H24O2. The van der Waals surface area contributed by atoms with Crippen molar-refractivity contribution in [3.05, 3.63) is 11.8 Å². The lowest BCUT2D eigenvalue weighted by Gasteiger charge is -2.22. The van der Waals surface area contributed by atoms with Crippen LogP contribution in [0.15, 0.2) is 11.8 Å². The minimum atomic E-state index is 0.0884. The van der Waals surface area contributed by atoms with Crippen LogP contribution in [0.25, 0.3) is 0 Å². The number of hydrogen-bond acceptors (Lipinski definition) is 2. The van der Waals surface area contributed by atoms with Gasteiger partial charge >= 0.3 is 0 Å². The molecule has 1 saturated heterocycles. The fourth-order valence-corrected chi connectivity index (χ4v) is 2.61. The van der Waals surface area contributed by atoms with Crippen molar-refractivity contribution in [2.45, 2.75) is 63.9 Å². The summed E-state index contributed by atoms with van der Waals surface area (Å²) in [7, 11) is 0.